The molecule has 1 saturated heterocycles. The van der Waals surface area contributed by atoms with Crippen molar-refractivity contribution in [3.05, 3.63) is 46.8 Å². The van der Waals surface area contributed by atoms with Crippen LogP contribution in [0, 0.1) is 0 Å². The Morgan fingerprint density at radius 3 is 2.21 bits per heavy atom. The first-order valence-corrected chi connectivity index (χ1v) is 14.0. The molecule has 2 heterocycles. The van der Waals surface area contributed by atoms with Crippen molar-refractivity contribution < 1.29 is 37.0 Å². The summed E-state index contributed by atoms with van der Waals surface area (Å²) in [5.74, 6) is -0.165. The molecule has 1 aliphatic rings. The van der Waals surface area contributed by atoms with Crippen LogP contribution in [0.4, 0.5) is 0 Å². The fraction of sp³-hybridized carbons (Fsp3) is 0.400. The SMILES string of the molecule is COC(=O)Cn1c(=NC(=O)c2ccc(S(=O)(=O)N3C[C@@H](C)O[C@H](C)C3)cc2)sc2cc(OC)c(OC)cc21. The molecule has 11 nitrogen and oxygen atoms in total. The summed E-state index contributed by atoms with van der Waals surface area (Å²) in [6.07, 6.45) is -0.433. The number of morpholine rings is 1. The predicted octanol–water partition coefficient (Wildman–Crippen LogP) is 2.43. The molecule has 4 rings (SSSR count). The maximum absolute atomic E-state index is 13.1. The van der Waals surface area contributed by atoms with Crippen LogP contribution in [0.5, 0.6) is 11.5 Å². The van der Waals surface area contributed by atoms with E-state index in [1.165, 1.54) is 61.2 Å². The first kappa shape index (κ1) is 27.8. The summed E-state index contributed by atoms with van der Waals surface area (Å²) in [5, 5.41) is 0. The number of nitrogens with zero attached hydrogens (tertiary/aromatic N) is 3. The molecule has 1 aromatic heterocycles. The van der Waals surface area contributed by atoms with Crippen LogP contribution in [0.25, 0.3) is 10.2 Å². The van der Waals surface area contributed by atoms with Gasteiger partial charge in [0.1, 0.15) is 6.54 Å². The van der Waals surface area contributed by atoms with Gasteiger partial charge in [0, 0.05) is 30.8 Å². The summed E-state index contributed by atoms with van der Waals surface area (Å²) >= 11 is 1.19. The average molecular weight is 564 g/mol. The van der Waals surface area contributed by atoms with Crippen molar-refractivity contribution in [2.75, 3.05) is 34.4 Å². The van der Waals surface area contributed by atoms with Gasteiger partial charge in [-0.3, -0.25) is 9.59 Å². The summed E-state index contributed by atoms with van der Waals surface area (Å²) in [7, 11) is 0.538. The Bertz CT molecular complexity index is 1520. The summed E-state index contributed by atoms with van der Waals surface area (Å²) in [6.45, 7) is 3.99. The van der Waals surface area contributed by atoms with E-state index in [1.54, 1.807) is 16.7 Å². The fourth-order valence-corrected chi connectivity index (χ4v) is 6.85. The Morgan fingerprint density at radius 2 is 1.63 bits per heavy atom. The minimum Gasteiger partial charge on any atom is -0.493 e. The monoisotopic (exact) mass is 563 g/mol. The van der Waals surface area contributed by atoms with E-state index in [0.29, 0.717) is 21.7 Å². The van der Waals surface area contributed by atoms with E-state index in [-0.39, 0.29) is 47.1 Å². The van der Waals surface area contributed by atoms with Crippen LogP contribution in [0.15, 0.2) is 46.3 Å². The molecule has 204 valence electrons. The number of sulfonamides is 1. The molecule has 2 aromatic carbocycles. The number of hydrogen-bond acceptors (Lipinski definition) is 9. The second-order valence-corrected chi connectivity index (χ2v) is 11.7. The molecule has 38 heavy (non-hydrogen) atoms. The van der Waals surface area contributed by atoms with Crippen LogP contribution >= 0.6 is 11.3 Å². The molecule has 3 aromatic rings. The number of fused-ring (bicyclic) bond motifs is 1. The van der Waals surface area contributed by atoms with Crippen LogP contribution in [0.1, 0.15) is 24.2 Å². The number of esters is 1. The molecule has 0 bridgehead atoms. The van der Waals surface area contributed by atoms with Crippen molar-refractivity contribution in [1.82, 2.24) is 8.87 Å². The average Bonchev–Trinajstić information content (AvgIpc) is 3.22. The maximum Gasteiger partial charge on any atom is 0.325 e. The first-order chi connectivity index (χ1) is 18.1. The molecule has 1 fully saturated rings. The number of rotatable bonds is 7. The molecule has 1 amide bonds. The van der Waals surface area contributed by atoms with Crippen molar-refractivity contribution in [3.63, 3.8) is 0 Å². The third-order valence-electron chi connectivity index (χ3n) is 6.03. The molecular formula is C25H29N3O8S2. The zero-order valence-electron chi connectivity index (χ0n) is 21.7. The van der Waals surface area contributed by atoms with E-state index >= 15 is 0 Å². The highest BCUT2D eigenvalue weighted by molar-refractivity contribution is 7.89. The number of amides is 1. The highest BCUT2D eigenvalue weighted by Crippen LogP contribution is 2.33. The molecular weight excluding hydrogens is 534 g/mol. The zero-order chi connectivity index (χ0) is 27.6. The van der Waals surface area contributed by atoms with Gasteiger partial charge in [0.2, 0.25) is 10.0 Å². The molecule has 0 spiro atoms. The first-order valence-electron chi connectivity index (χ1n) is 11.7. The number of aromatic nitrogens is 1. The van der Waals surface area contributed by atoms with Gasteiger partial charge in [0.25, 0.3) is 5.91 Å². The molecule has 2 atom stereocenters. The number of carbonyl (C=O) groups is 2. The lowest BCUT2D eigenvalue weighted by molar-refractivity contribution is -0.141. The van der Waals surface area contributed by atoms with Gasteiger partial charge >= 0.3 is 5.97 Å². The van der Waals surface area contributed by atoms with Gasteiger partial charge in [-0.05, 0) is 38.1 Å². The van der Waals surface area contributed by atoms with Gasteiger partial charge in [0.15, 0.2) is 16.3 Å². The largest absolute Gasteiger partial charge is 0.493 e. The molecule has 13 heteroatoms. The summed E-state index contributed by atoms with van der Waals surface area (Å²) in [6, 6.07) is 9.08. The molecule has 0 unspecified atom stereocenters. The van der Waals surface area contributed by atoms with Crippen molar-refractivity contribution in [2.45, 2.75) is 37.5 Å². The molecule has 0 radical (unpaired) electrons. The highest BCUT2D eigenvalue weighted by Gasteiger charge is 2.32. The number of carbonyl (C=O) groups excluding carboxylic acids is 2. The molecule has 1 aliphatic heterocycles. The molecule has 0 saturated carbocycles. The lowest BCUT2D eigenvalue weighted by Crippen LogP contribution is -2.48. The van der Waals surface area contributed by atoms with E-state index in [0.717, 1.165) is 0 Å². The van der Waals surface area contributed by atoms with E-state index in [4.69, 9.17) is 18.9 Å². The number of ether oxygens (including phenoxy) is 4. The standard InChI is InChI=1S/C25H29N3O8S2/c1-15-12-27(13-16(2)36-15)38(31,32)18-8-6-17(7-9-18)24(30)26-25-28(14-23(29)35-5)19-10-20(33-3)21(34-4)11-22(19)37-25/h6-11,15-16H,12-14H2,1-5H3/t15-,16-/m1/s1. The van der Waals surface area contributed by atoms with Gasteiger partial charge in [-0.15, -0.1) is 0 Å². The van der Waals surface area contributed by atoms with Crippen LogP contribution in [0.3, 0.4) is 0 Å². The van der Waals surface area contributed by atoms with Crippen molar-refractivity contribution in [1.29, 1.82) is 0 Å². The Balaban J connectivity index is 1.69. The highest BCUT2D eigenvalue weighted by atomic mass is 32.2. The van der Waals surface area contributed by atoms with Crippen LogP contribution < -0.4 is 14.3 Å². The summed E-state index contributed by atoms with van der Waals surface area (Å²) < 4.78 is 51.1. The summed E-state index contributed by atoms with van der Waals surface area (Å²) in [4.78, 5) is 29.8. The van der Waals surface area contributed by atoms with Crippen LogP contribution in [-0.2, 0) is 30.8 Å². The second-order valence-electron chi connectivity index (χ2n) is 8.74. The van der Waals surface area contributed by atoms with E-state index in [9.17, 15) is 18.0 Å². The lowest BCUT2D eigenvalue weighted by atomic mass is 10.2. The van der Waals surface area contributed by atoms with E-state index in [1.807, 2.05) is 13.8 Å². The maximum atomic E-state index is 13.1. The third-order valence-corrected chi connectivity index (χ3v) is 8.91. The minimum absolute atomic E-state index is 0.0807. The van der Waals surface area contributed by atoms with Crippen LogP contribution in [-0.4, -0.2) is 75.8 Å². The third kappa shape index (κ3) is 5.60. The number of methoxy groups -OCH3 is 3. The second kappa shape index (κ2) is 11.2. The number of thiazole rings is 1. The summed E-state index contributed by atoms with van der Waals surface area (Å²) in [5.41, 5.74) is 0.810. The van der Waals surface area contributed by atoms with Gasteiger partial charge in [-0.2, -0.15) is 9.30 Å². The predicted molar refractivity (Wildman–Crippen MR) is 140 cm³/mol. The Hall–Kier alpha value is -3.26. The van der Waals surface area contributed by atoms with Gasteiger partial charge in [-0.1, -0.05) is 11.3 Å². The van der Waals surface area contributed by atoms with Gasteiger partial charge in [-0.25, -0.2) is 8.42 Å². The smallest absolute Gasteiger partial charge is 0.325 e. The lowest BCUT2D eigenvalue weighted by Gasteiger charge is -2.34. The van der Waals surface area contributed by atoms with E-state index in [2.05, 4.69) is 4.99 Å². The molecule has 0 N–H and O–H groups in total. The minimum atomic E-state index is -3.75. The Kier molecular flexibility index (Phi) is 8.21. The van der Waals surface area contributed by atoms with Crippen molar-refractivity contribution >= 4 is 43.5 Å². The number of benzene rings is 2. The number of hydrogen-bond donors (Lipinski definition) is 0. The Morgan fingerprint density at radius 1 is 1.03 bits per heavy atom. The quantitative estimate of drug-likeness (QED) is 0.402. The zero-order valence-corrected chi connectivity index (χ0v) is 23.3. The molecule has 0 aliphatic carbocycles. The van der Waals surface area contributed by atoms with E-state index < -0.39 is 21.9 Å². The topological polar surface area (TPSA) is 126 Å². The van der Waals surface area contributed by atoms with Crippen molar-refractivity contribution in [2.24, 2.45) is 4.99 Å². The fourth-order valence-electron chi connectivity index (χ4n) is 4.23. The van der Waals surface area contributed by atoms with Crippen molar-refractivity contribution in [3.8, 4) is 11.5 Å². The van der Waals surface area contributed by atoms with Gasteiger partial charge < -0.3 is 23.5 Å². The normalized spacial score (nSPS) is 18.9. The van der Waals surface area contributed by atoms with Gasteiger partial charge in [0.05, 0.1) is 48.6 Å². The Labute approximate surface area is 224 Å². The van der Waals surface area contributed by atoms with Crippen LogP contribution in [0.2, 0.25) is 0 Å².